The van der Waals surface area contributed by atoms with Gasteiger partial charge in [0.15, 0.2) is 0 Å². The van der Waals surface area contributed by atoms with Crippen molar-refractivity contribution in [2.24, 2.45) is 0 Å². The summed E-state index contributed by atoms with van der Waals surface area (Å²) in [6, 6.07) is 8.49. The molecule has 2 heteroatoms. The molecule has 0 radical (unpaired) electrons. The van der Waals surface area contributed by atoms with Gasteiger partial charge in [-0.25, -0.2) is 0 Å². The molecule has 106 valence electrons. The first-order valence-corrected chi connectivity index (χ1v) is 7.67. The van der Waals surface area contributed by atoms with E-state index >= 15 is 0 Å². The maximum absolute atomic E-state index is 10.6. The minimum Gasteiger partial charge on any atom is -0.387 e. The second-order valence-corrected chi connectivity index (χ2v) is 5.90. The summed E-state index contributed by atoms with van der Waals surface area (Å²) in [7, 11) is 0. The van der Waals surface area contributed by atoms with Crippen LogP contribution in [0.5, 0.6) is 0 Å². The zero-order valence-electron chi connectivity index (χ0n) is 12.3. The quantitative estimate of drug-likeness (QED) is 0.897. The van der Waals surface area contributed by atoms with Crippen molar-refractivity contribution in [1.29, 1.82) is 0 Å². The van der Waals surface area contributed by atoms with Crippen molar-refractivity contribution in [3.63, 3.8) is 0 Å². The van der Waals surface area contributed by atoms with E-state index in [9.17, 15) is 5.11 Å². The molecule has 1 aliphatic rings. The van der Waals surface area contributed by atoms with Crippen molar-refractivity contribution in [2.75, 3.05) is 13.1 Å². The number of hydrogen-bond donors (Lipinski definition) is 1. The molecule has 0 aromatic heterocycles. The van der Waals surface area contributed by atoms with Crippen LogP contribution >= 0.6 is 0 Å². The summed E-state index contributed by atoms with van der Waals surface area (Å²) in [6.07, 6.45) is 6.21. The predicted molar refractivity (Wildman–Crippen MR) is 80.3 cm³/mol. The van der Waals surface area contributed by atoms with Crippen LogP contribution in [-0.4, -0.2) is 29.1 Å². The molecule has 1 aliphatic heterocycles. The molecule has 2 nitrogen and oxygen atoms in total. The van der Waals surface area contributed by atoms with Gasteiger partial charge in [0.2, 0.25) is 0 Å². The van der Waals surface area contributed by atoms with Gasteiger partial charge < -0.3 is 5.11 Å². The lowest BCUT2D eigenvalue weighted by Gasteiger charge is -2.33. The van der Waals surface area contributed by atoms with Gasteiger partial charge in [-0.05, 0) is 45.3 Å². The monoisotopic (exact) mass is 261 g/mol. The van der Waals surface area contributed by atoms with Crippen molar-refractivity contribution in [3.8, 4) is 0 Å². The van der Waals surface area contributed by atoms with Gasteiger partial charge in [0, 0.05) is 6.04 Å². The fourth-order valence-electron chi connectivity index (χ4n) is 2.92. The average molecular weight is 261 g/mol. The average Bonchev–Trinajstić information content (AvgIpc) is 2.38. The van der Waals surface area contributed by atoms with Crippen molar-refractivity contribution >= 4 is 0 Å². The van der Waals surface area contributed by atoms with E-state index < -0.39 is 0 Å². The highest BCUT2D eigenvalue weighted by Gasteiger charge is 2.23. The zero-order chi connectivity index (χ0) is 13.7. The van der Waals surface area contributed by atoms with Gasteiger partial charge in [0.1, 0.15) is 0 Å². The molecule has 0 spiro atoms. The molecule has 2 atom stereocenters. The standard InChI is InChI=1S/C17H27NO/c1-14-8-10-16(11-9-14)17(19)15(2)18-12-6-4-3-5-7-13-18/h8-11,15,17,19H,3-7,12-13H2,1-2H3. The molecule has 0 amide bonds. The number of aliphatic hydroxyl groups excluding tert-OH is 1. The fourth-order valence-corrected chi connectivity index (χ4v) is 2.92. The van der Waals surface area contributed by atoms with E-state index in [2.05, 4.69) is 43.0 Å². The lowest BCUT2D eigenvalue weighted by atomic mass is 9.99. The first-order valence-electron chi connectivity index (χ1n) is 7.67. The summed E-state index contributed by atoms with van der Waals surface area (Å²) in [6.45, 7) is 6.50. The van der Waals surface area contributed by atoms with E-state index in [0.29, 0.717) is 0 Å². The first kappa shape index (κ1) is 14.5. The largest absolute Gasteiger partial charge is 0.387 e. The van der Waals surface area contributed by atoms with Crippen LogP contribution in [0.4, 0.5) is 0 Å². The molecule has 1 aromatic carbocycles. The van der Waals surface area contributed by atoms with Crippen molar-refractivity contribution in [3.05, 3.63) is 35.4 Å². The highest BCUT2D eigenvalue weighted by Crippen LogP contribution is 2.23. The van der Waals surface area contributed by atoms with Gasteiger partial charge >= 0.3 is 0 Å². The maximum Gasteiger partial charge on any atom is 0.0942 e. The Balaban J connectivity index is 2.00. The molecule has 2 rings (SSSR count). The Bertz CT molecular complexity index is 365. The molecule has 1 aromatic rings. The molecular formula is C17H27NO. The number of rotatable bonds is 3. The van der Waals surface area contributed by atoms with Gasteiger partial charge in [-0.1, -0.05) is 49.1 Å². The molecule has 1 heterocycles. The molecule has 2 unspecified atom stereocenters. The minimum absolute atomic E-state index is 0.209. The summed E-state index contributed by atoms with van der Waals surface area (Å²) in [5.74, 6) is 0. The molecule has 1 saturated heterocycles. The molecular weight excluding hydrogens is 234 g/mol. The molecule has 19 heavy (non-hydrogen) atoms. The van der Waals surface area contributed by atoms with Crippen LogP contribution < -0.4 is 0 Å². The highest BCUT2D eigenvalue weighted by molar-refractivity contribution is 5.24. The summed E-state index contributed by atoms with van der Waals surface area (Å²) < 4.78 is 0. The van der Waals surface area contributed by atoms with E-state index in [1.54, 1.807) is 0 Å². The van der Waals surface area contributed by atoms with E-state index in [4.69, 9.17) is 0 Å². The fraction of sp³-hybridized carbons (Fsp3) is 0.647. The van der Waals surface area contributed by atoms with Crippen LogP contribution in [0.1, 0.15) is 56.3 Å². The van der Waals surface area contributed by atoms with Crippen LogP contribution in [0.25, 0.3) is 0 Å². The Hall–Kier alpha value is -0.860. The van der Waals surface area contributed by atoms with Gasteiger partial charge in [-0.15, -0.1) is 0 Å². The Morgan fingerprint density at radius 2 is 1.47 bits per heavy atom. The van der Waals surface area contributed by atoms with Crippen LogP contribution in [0, 0.1) is 6.92 Å². The lowest BCUT2D eigenvalue weighted by molar-refractivity contribution is 0.0532. The first-order chi connectivity index (χ1) is 9.18. The number of hydrogen-bond acceptors (Lipinski definition) is 2. The van der Waals surface area contributed by atoms with Crippen molar-refractivity contribution in [1.82, 2.24) is 4.90 Å². The molecule has 0 saturated carbocycles. The third-order valence-corrected chi connectivity index (χ3v) is 4.34. The number of aliphatic hydroxyl groups is 1. The summed E-state index contributed by atoms with van der Waals surface area (Å²) in [4.78, 5) is 2.46. The Kier molecular flexibility index (Phi) is 5.41. The summed E-state index contributed by atoms with van der Waals surface area (Å²) in [5, 5.41) is 10.6. The van der Waals surface area contributed by atoms with Crippen LogP contribution in [0.3, 0.4) is 0 Å². The Morgan fingerprint density at radius 3 is 2.05 bits per heavy atom. The Morgan fingerprint density at radius 1 is 0.947 bits per heavy atom. The molecule has 0 bridgehead atoms. The normalized spacial score (nSPS) is 21.4. The summed E-state index contributed by atoms with van der Waals surface area (Å²) in [5.41, 5.74) is 2.29. The zero-order valence-corrected chi connectivity index (χ0v) is 12.3. The van der Waals surface area contributed by atoms with Gasteiger partial charge in [-0.2, -0.15) is 0 Å². The third-order valence-electron chi connectivity index (χ3n) is 4.34. The lowest BCUT2D eigenvalue weighted by Crippen LogP contribution is -2.39. The van der Waals surface area contributed by atoms with E-state index in [0.717, 1.165) is 18.7 Å². The molecule has 1 fully saturated rings. The second kappa shape index (κ2) is 7.06. The second-order valence-electron chi connectivity index (χ2n) is 5.90. The van der Waals surface area contributed by atoms with Gasteiger partial charge in [0.05, 0.1) is 6.10 Å². The topological polar surface area (TPSA) is 23.5 Å². The van der Waals surface area contributed by atoms with Crippen LogP contribution in [0.2, 0.25) is 0 Å². The van der Waals surface area contributed by atoms with Crippen molar-refractivity contribution in [2.45, 2.75) is 58.1 Å². The predicted octanol–water partition coefficient (Wildman–Crippen LogP) is 3.68. The number of nitrogens with zero attached hydrogens (tertiary/aromatic N) is 1. The van der Waals surface area contributed by atoms with Crippen molar-refractivity contribution < 1.29 is 5.11 Å². The van der Waals surface area contributed by atoms with Crippen LogP contribution in [0.15, 0.2) is 24.3 Å². The molecule has 0 aliphatic carbocycles. The Labute approximate surface area is 117 Å². The maximum atomic E-state index is 10.6. The minimum atomic E-state index is -0.375. The third kappa shape index (κ3) is 4.05. The summed E-state index contributed by atoms with van der Waals surface area (Å²) >= 11 is 0. The molecule has 1 N–H and O–H groups in total. The van der Waals surface area contributed by atoms with E-state index in [1.807, 2.05) is 0 Å². The van der Waals surface area contributed by atoms with E-state index in [-0.39, 0.29) is 12.1 Å². The van der Waals surface area contributed by atoms with Gasteiger partial charge in [-0.3, -0.25) is 4.90 Å². The van der Waals surface area contributed by atoms with Gasteiger partial charge in [0.25, 0.3) is 0 Å². The SMILES string of the molecule is Cc1ccc(C(O)C(C)N2CCCCCCC2)cc1. The number of aryl methyl sites for hydroxylation is 1. The highest BCUT2D eigenvalue weighted by atomic mass is 16.3. The van der Waals surface area contributed by atoms with E-state index in [1.165, 1.54) is 37.7 Å². The van der Waals surface area contributed by atoms with Crippen LogP contribution in [-0.2, 0) is 0 Å². The smallest absolute Gasteiger partial charge is 0.0942 e. The number of benzene rings is 1. The number of likely N-dealkylation sites (tertiary alicyclic amines) is 1.